The zero-order valence-electron chi connectivity index (χ0n) is 13.6. The first kappa shape index (κ1) is 16.7. The summed E-state index contributed by atoms with van der Waals surface area (Å²) >= 11 is 0. The van der Waals surface area contributed by atoms with E-state index in [4.69, 9.17) is 4.74 Å². The molecule has 1 N–H and O–H groups in total. The Morgan fingerprint density at radius 3 is 2.68 bits per heavy atom. The Bertz CT molecular complexity index is 496. The van der Waals surface area contributed by atoms with E-state index < -0.39 is 5.60 Å². The third-order valence-electron chi connectivity index (χ3n) is 3.61. The second-order valence-electron chi connectivity index (χ2n) is 6.84. The smallest absolute Gasteiger partial charge is 0.410 e. The molecule has 0 spiro atoms. The topological polar surface area (TPSA) is 41.6 Å². The van der Waals surface area contributed by atoms with Gasteiger partial charge in [0.25, 0.3) is 0 Å². The molecule has 1 saturated heterocycles. The number of hydrogen-bond donors (Lipinski definition) is 1. The van der Waals surface area contributed by atoms with Crippen molar-refractivity contribution in [3.05, 3.63) is 35.6 Å². The molecule has 22 heavy (non-hydrogen) atoms. The second kappa shape index (κ2) is 7.09. The molecule has 1 aliphatic rings. The van der Waals surface area contributed by atoms with Crippen LogP contribution in [0.2, 0.25) is 0 Å². The summed E-state index contributed by atoms with van der Waals surface area (Å²) in [5.41, 5.74) is 0.610. The maximum absolute atomic E-state index is 12.8. The van der Waals surface area contributed by atoms with Crippen LogP contribution < -0.4 is 5.32 Å². The number of hydrogen-bond acceptors (Lipinski definition) is 3. The molecule has 0 aromatic heterocycles. The Balaban J connectivity index is 1.70. The first-order valence-corrected chi connectivity index (χ1v) is 7.76. The fourth-order valence-corrected chi connectivity index (χ4v) is 2.51. The summed E-state index contributed by atoms with van der Waals surface area (Å²) in [4.78, 5) is 13.8. The van der Waals surface area contributed by atoms with Crippen LogP contribution in [-0.2, 0) is 11.3 Å². The first-order chi connectivity index (χ1) is 10.3. The van der Waals surface area contributed by atoms with Gasteiger partial charge in [-0.1, -0.05) is 12.1 Å². The SMILES string of the molecule is CC(C)(C)OC(=O)N1CCC(CNCc2ccc(F)cc2)C1. The summed E-state index contributed by atoms with van der Waals surface area (Å²) < 4.78 is 18.2. The largest absolute Gasteiger partial charge is 0.444 e. The van der Waals surface area contributed by atoms with Gasteiger partial charge in [-0.05, 0) is 50.8 Å². The average molecular weight is 308 g/mol. The minimum atomic E-state index is -0.448. The van der Waals surface area contributed by atoms with Gasteiger partial charge in [-0.2, -0.15) is 0 Å². The van der Waals surface area contributed by atoms with Gasteiger partial charge in [0.05, 0.1) is 0 Å². The monoisotopic (exact) mass is 308 g/mol. The molecule has 5 heteroatoms. The quantitative estimate of drug-likeness (QED) is 0.929. The first-order valence-electron chi connectivity index (χ1n) is 7.76. The number of ether oxygens (including phenoxy) is 1. The molecule has 1 aromatic carbocycles. The molecule has 0 bridgehead atoms. The van der Waals surface area contributed by atoms with Gasteiger partial charge >= 0.3 is 6.09 Å². The highest BCUT2D eigenvalue weighted by atomic mass is 19.1. The number of halogens is 1. The van der Waals surface area contributed by atoms with Crippen LogP contribution in [0.15, 0.2) is 24.3 Å². The fraction of sp³-hybridized carbons (Fsp3) is 0.588. The van der Waals surface area contributed by atoms with Gasteiger partial charge in [0.15, 0.2) is 0 Å². The van der Waals surface area contributed by atoms with Gasteiger partial charge in [0, 0.05) is 26.2 Å². The fourth-order valence-electron chi connectivity index (χ4n) is 2.51. The van der Waals surface area contributed by atoms with Crippen LogP contribution >= 0.6 is 0 Å². The predicted molar refractivity (Wildman–Crippen MR) is 84.0 cm³/mol. The maximum Gasteiger partial charge on any atom is 0.410 e. The van der Waals surface area contributed by atoms with Crippen LogP contribution in [0, 0.1) is 11.7 Å². The van der Waals surface area contributed by atoms with Gasteiger partial charge in [0.1, 0.15) is 11.4 Å². The van der Waals surface area contributed by atoms with Crippen molar-refractivity contribution in [2.75, 3.05) is 19.6 Å². The van der Waals surface area contributed by atoms with Crippen molar-refractivity contribution in [2.24, 2.45) is 5.92 Å². The lowest BCUT2D eigenvalue weighted by molar-refractivity contribution is 0.0288. The minimum absolute atomic E-state index is 0.215. The summed E-state index contributed by atoms with van der Waals surface area (Å²) in [6.07, 6.45) is 0.754. The highest BCUT2D eigenvalue weighted by Gasteiger charge is 2.29. The minimum Gasteiger partial charge on any atom is -0.444 e. The van der Waals surface area contributed by atoms with Gasteiger partial charge in [-0.3, -0.25) is 0 Å². The Hall–Kier alpha value is -1.62. The Labute approximate surface area is 131 Å². The molecule has 1 amide bonds. The zero-order valence-corrected chi connectivity index (χ0v) is 13.6. The summed E-state index contributed by atoms with van der Waals surface area (Å²) in [6, 6.07) is 6.50. The lowest BCUT2D eigenvalue weighted by Crippen LogP contribution is -2.36. The molecule has 0 aliphatic carbocycles. The molecule has 1 unspecified atom stereocenters. The molecule has 122 valence electrons. The highest BCUT2D eigenvalue weighted by Crippen LogP contribution is 2.19. The van der Waals surface area contributed by atoms with Crippen molar-refractivity contribution in [2.45, 2.75) is 39.3 Å². The van der Waals surface area contributed by atoms with Gasteiger partial charge in [0.2, 0.25) is 0 Å². The zero-order chi connectivity index (χ0) is 16.2. The normalized spacial score (nSPS) is 18.5. The molecule has 1 heterocycles. The number of likely N-dealkylation sites (tertiary alicyclic amines) is 1. The lowest BCUT2D eigenvalue weighted by atomic mass is 10.1. The molecular formula is C17H25FN2O2. The Morgan fingerprint density at radius 2 is 2.05 bits per heavy atom. The van der Waals surface area contributed by atoms with E-state index in [2.05, 4.69) is 5.32 Å². The number of carbonyl (C=O) groups excluding carboxylic acids is 1. The second-order valence-corrected chi connectivity index (χ2v) is 6.84. The Morgan fingerprint density at radius 1 is 1.36 bits per heavy atom. The third-order valence-corrected chi connectivity index (χ3v) is 3.61. The van der Waals surface area contributed by atoms with Crippen LogP contribution in [-0.4, -0.2) is 36.2 Å². The molecule has 1 atom stereocenters. The number of amides is 1. The summed E-state index contributed by atoms with van der Waals surface area (Å²) in [6.45, 7) is 8.66. The van der Waals surface area contributed by atoms with Crippen molar-refractivity contribution in [1.82, 2.24) is 10.2 Å². The standard InChI is InChI=1S/C17H25FN2O2/c1-17(2,3)22-16(21)20-9-8-14(12-20)11-19-10-13-4-6-15(18)7-5-13/h4-7,14,19H,8-12H2,1-3H3. The van der Waals surface area contributed by atoms with E-state index in [9.17, 15) is 9.18 Å². The van der Waals surface area contributed by atoms with Crippen LogP contribution in [0.5, 0.6) is 0 Å². The van der Waals surface area contributed by atoms with E-state index in [0.29, 0.717) is 12.5 Å². The van der Waals surface area contributed by atoms with Crippen LogP contribution in [0.25, 0.3) is 0 Å². The van der Waals surface area contributed by atoms with Crippen LogP contribution in [0.4, 0.5) is 9.18 Å². The molecule has 2 rings (SSSR count). The van der Waals surface area contributed by atoms with Gasteiger partial charge in [-0.25, -0.2) is 9.18 Å². The van der Waals surface area contributed by atoms with Crippen molar-refractivity contribution < 1.29 is 13.9 Å². The van der Waals surface area contributed by atoms with E-state index in [1.54, 1.807) is 17.0 Å². The van der Waals surface area contributed by atoms with Crippen molar-refractivity contribution in [3.63, 3.8) is 0 Å². The summed E-state index contributed by atoms with van der Waals surface area (Å²) in [5.74, 6) is 0.223. The number of carbonyl (C=O) groups is 1. The Kier molecular flexibility index (Phi) is 5.40. The van der Waals surface area contributed by atoms with Crippen molar-refractivity contribution in [1.29, 1.82) is 0 Å². The number of nitrogens with one attached hydrogen (secondary N) is 1. The highest BCUT2D eigenvalue weighted by molar-refractivity contribution is 5.68. The molecule has 1 aromatic rings. The summed E-state index contributed by atoms with van der Waals surface area (Å²) in [5, 5.41) is 3.37. The molecule has 0 radical (unpaired) electrons. The van der Waals surface area contributed by atoms with E-state index >= 15 is 0 Å². The van der Waals surface area contributed by atoms with Gasteiger partial charge in [-0.15, -0.1) is 0 Å². The molecule has 1 fully saturated rings. The number of rotatable bonds is 4. The molecule has 4 nitrogen and oxygen atoms in total. The van der Waals surface area contributed by atoms with E-state index in [-0.39, 0.29) is 11.9 Å². The van der Waals surface area contributed by atoms with Crippen molar-refractivity contribution >= 4 is 6.09 Å². The van der Waals surface area contributed by atoms with E-state index in [1.165, 1.54) is 12.1 Å². The number of nitrogens with zero attached hydrogens (tertiary/aromatic N) is 1. The molecule has 1 aliphatic heterocycles. The van der Waals surface area contributed by atoms with Crippen LogP contribution in [0.3, 0.4) is 0 Å². The molecule has 0 saturated carbocycles. The van der Waals surface area contributed by atoms with Crippen molar-refractivity contribution in [3.8, 4) is 0 Å². The maximum atomic E-state index is 12.8. The van der Waals surface area contributed by atoms with E-state index in [1.807, 2.05) is 20.8 Å². The number of benzene rings is 1. The average Bonchev–Trinajstić information content (AvgIpc) is 2.88. The predicted octanol–water partition coefficient (Wildman–Crippen LogP) is 3.17. The van der Waals surface area contributed by atoms with Crippen LogP contribution in [0.1, 0.15) is 32.8 Å². The summed E-state index contributed by atoms with van der Waals surface area (Å²) in [7, 11) is 0. The van der Waals surface area contributed by atoms with E-state index in [0.717, 1.165) is 31.6 Å². The van der Waals surface area contributed by atoms with Gasteiger partial charge < -0.3 is 15.0 Å². The third kappa shape index (κ3) is 5.30. The molecular weight excluding hydrogens is 283 g/mol. The lowest BCUT2D eigenvalue weighted by Gasteiger charge is -2.24.